The summed E-state index contributed by atoms with van der Waals surface area (Å²) in [5.74, 6) is 0.0537. The fraction of sp³-hybridized carbons (Fsp3) is 0.615. The highest BCUT2D eigenvalue weighted by Crippen LogP contribution is 2.11. The SMILES string of the molecule is CCN(CC(=O)N[C@H](C)COC)Cc1cccs1. The van der Waals surface area contributed by atoms with Crippen molar-refractivity contribution in [1.29, 1.82) is 0 Å². The Morgan fingerprint density at radius 1 is 1.61 bits per heavy atom. The third kappa shape index (κ3) is 5.62. The van der Waals surface area contributed by atoms with Crippen LogP contribution in [0.1, 0.15) is 18.7 Å². The lowest BCUT2D eigenvalue weighted by molar-refractivity contribution is -0.123. The molecule has 102 valence electrons. The molecule has 0 aliphatic carbocycles. The molecule has 1 N–H and O–H groups in total. The number of rotatable bonds is 8. The Bertz CT molecular complexity index is 341. The summed E-state index contributed by atoms with van der Waals surface area (Å²) in [6, 6.07) is 4.19. The smallest absolute Gasteiger partial charge is 0.234 e. The van der Waals surface area contributed by atoms with E-state index in [1.54, 1.807) is 18.4 Å². The average Bonchev–Trinajstić information content (AvgIpc) is 2.81. The zero-order valence-electron chi connectivity index (χ0n) is 11.3. The summed E-state index contributed by atoms with van der Waals surface area (Å²) < 4.78 is 4.99. The van der Waals surface area contributed by atoms with Gasteiger partial charge in [-0.2, -0.15) is 0 Å². The number of nitrogens with one attached hydrogen (secondary N) is 1. The Kier molecular flexibility index (Phi) is 6.93. The molecule has 0 aliphatic heterocycles. The first-order valence-electron chi connectivity index (χ1n) is 6.18. The van der Waals surface area contributed by atoms with Crippen LogP contribution in [-0.2, 0) is 16.1 Å². The highest BCUT2D eigenvalue weighted by atomic mass is 32.1. The molecule has 4 nitrogen and oxygen atoms in total. The Morgan fingerprint density at radius 2 is 2.39 bits per heavy atom. The van der Waals surface area contributed by atoms with Gasteiger partial charge in [-0.1, -0.05) is 13.0 Å². The predicted octanol–water partition coefficient (Wildman–Crippen LogP) is 1.72. The molecule has 0 aliphatic rings. The Balaban J connectivity index is 2.35. The van der Waals surface area contributed by atoms with Crippen LogP contribution in [0.4, 0.5) is 0 Å². The van der Waals surface area contributed by atoms with E-state index in [0.29, 0.717) is 13.2 Å². The third-order valence-electron chi connectivity index (χ3n) is 2.60. The standard InChI is InChI=1S/C13H22N2O2S/c1-4-15(8-12-6-5-7-18-12)9-13(16)14-11(2)10-17-3/h5-7,11H,4,8-10H2,1-3H3,(H,14,16)/t11-/m1/s1. The predicted molar refractivity (Wildman–Crippen MR) is 74.8 cm³/mol. The van der Waals surface area contributed by atoms with Gasteiger partial charge >= 0.3 is 0 Å². The molecule has 0 aromatic carbocycles. The molecule has 1 aromatic rings. The van der Waals surface area contributed by atoms with Gasteiger partial charge in [-0.05, 0) is 24.9 Å². The van der Waals surface area contributed by atoms with Crippen molar-refractivity contribution >= 4 is 17.2 Å². The van der Waals surface area contributed by atoms with Crippen molar-refractivity contribution in [1.82, 2.24) is 10.2 Å². The highest BCUT2D eigenvalue weighted by molar-refractivity contribution is 7.09. The molecule has 1 amide bonds. The monoisotopic (exact) mass is 270 g/mol. The summed E-state index contributed by atoms with van der Waals surface area (Å²) in [6.07, 6.45) is 0. The summed E-state index contributed by atoms with van der Waals surface area (Å²) in [5.41, 5.74) is 0. The average molecular weight is 270 g/mol. The fourth-order valence-corrected chi connectivity index (χ4v) is 2.46. The van der Waals surface area contributed by atoms with Crippen molar-refractivity contribution < 1.29 is 9.53 Å². The molecule has 0 saturated heterocycles. The molecule has 1 aromatic heterocycles. The lowest BCUT2D eigenvalue weighted by Gasteiger charge is -2.20. The van der Waals surface area contributed by atoms with Gasteiger partial charge in [-0.3, -0.25) is 9.69 Å². The lowest BCUT2D eigenvalue weighted by atomic mass is 10.3. The van der Waals surface area contributed by atoms with Crippen LogP contribution in [0.2, 0.25) is 0 Å². The second-order valence-corrected chi connectivity index (χ2v) is 5.34. The van der Waals surface area contributed by atoms with E-state index in [4.69, 9.17) is 4.74 Å². The number of methoxy groups -OCH3 is 1. The van der Waals surface area contributed by atoms with E-state index in [2.05, 4.69) is 28.6 Å². The molecule has 18 heavy (non-hydrogen) atoms. The van der Waals surface area contributed by atoms with E-state index in [0.717, 1.165) is 13.1 Å². The third-order valence-corrected chi connectivity index (χ3v) is 3.46. The van der Waals surface area contributed by atoms with Gasteiger partial charge in [-0.15, -0.1) is 11.3 Å². The van der Waals surface area contributed by atoms with Crippen molar-refractivity contribution in [2.45, 2.75) is 26.4 Å². The molecule has 0 bridgehead atoms. The van der Waals surface area contributed by atoms with Gasteiger partial charge in [0, 0.05) is 24.6 Å². The fourth-order valence-electron chi connectivity index (χ4n) is 1.72. The number of ether oxygens (including phenoxy) is 1. The minimum absolute atomic E-state index is 0.0537. The quantitative estimate of drug-likeness (QED) is 0.782. The first-order valence-corrected chi connectivity index (χ1v) is 7.06. The van der Waals surface area contributed by atoms with Crippen molar-refractivity contribution in [3.63, 3.8) is 0 Å². The van der Waals surface area contributed by atoms with Crippen LogP contribution in [0, 0.1) is 0 Å². The Hall–Kier alpha value is -0.910. The number of carbonyl (C=O) groups is 1. The van der Waals surface area contributed by atoms with Crippen LogP contribution in [0.15, 0.2) is 17.5 Å². The van der Waals surface area contributed by atoms with Crippen LogP contribution >= 0.6 is 11.3 Å². The number of amides is 1. The normalized spacial score (nSPS) is 12.7. The maximum absolute atomic E-state index is 11.8. The topological polar surface area (TPSA) is 41.6 Å². The summed E-state index contributed by atoms with van der Waals surface area (Å²) in [4.78, 5) is 15.2. The van der Waals surface area contributed by atoms with Gasteiger partial charge in [-0.25, -0.2) is 0 Å². The highest BCUT2D eigenvalue weighted by Gasteiger charge is 2.12. The van der Waals surface area contributed by atoms with Gasteiger partial charge in [0.15, 0.2) is 0 Å². The zero-order chi connectivity index (χ0) is 13.4. The number of thiophene rings is 1. The van der Waals surface area contributed by atoms with E-state index in [1.165, 1.54) is 4.88 Å². The molecule has 5 heteroatoms. The van der Waals surface area contributed by atoms with Gasteiger partial charge in [0.1, 0.15) is 0 Å². The minimum Gasteiger partial charge on any atom is -0.383 e. The summed E-state index contributed by atoms with van der Waals surface area (Å²) in [7, 11) is 1.64. The van der Waals surface area contributed by atoms with Crippen LogP contribution in [-0.4, -0.2) is 43.7 Å². The van der Waals surface area contributed by atoms with Crippen molar-refractivity contribution in [3.05, 3.63) is 22.4 Å². The summed E-state index contributed by atoms with van der Waals surface area (Å²) in [5, 5.41) is 4.98. The van der Waals surface area contributed by atoms with Gasteiger partial charge < -0.3 is 10.1 Å². The number of likely N-dealkylation sites (N-methyl/N-ethyl adjacent to an activating group) is 1. The summed E-state index contributed by atoms with van der Waals surface area (Å²) in [6.45, 7) is 6.69. The minimum atomic E-state index is 0.0537. The van der Waals surface area contributed by atoms with Gasteiger partial charge in [0.05, 0.1) is 13.2 Å². The Labute approximate surface area is 113 Å². The van der Waals surface area contributed by atoms with E-state index < -0.39 is 0 Å². The molecular weight excluding hydrogens is 248 g/mol. The number of nitrogens with zero attached hydrogens (tertiary/aromatic N) is 1. The summed E-state index contributed by atoms with van der Waals surface area (Å²) >= 11 is 1.72. The number of hydrogen-bond acceptors (Lipinski definition) is 4. The van der Waals surface area contributed by atoms with Crippen molar-refractivity contribution in [2.75, 3.05) is 26.8 Å². The molecule has 1 heterocycles. The van der Waals surface area contributed by atoms with Gasteiger partial charge in [0.2, 0.25) is 5.91 Å². The van der Waals surface area contributed by atoms with Crippen molar-refractivity contribution in [3.8, 4) is 0 Å². The Morgan fingerprint density at radius 3 is 2.94 bits per heavy atom. The second-order valence-electron chi connectivity index (χ2n) is 4.31. The molecular formula is C13H22N2O2S. The molecule has 0 radical (unpaired) electrons. The van der Waals surface area contributed by atoms with Gasteiger partial charge in [0.25, 0.3) is 0 Å². The molecule has 0 fully saturated rings. The van der Waals surface area contributed by atoms with Crippen LogP contribution < -0.4 is 5.32 Å². The number of carbonyl (C=O) groups excluding carboxylic acids is 1. The van der Waals surface area contributed by atoms with E-state index in [-0.39, 0.29) is 11.9 Å². The van der Waals surface area contributed by atoms with E-state index in [9.17, 15) is 4.79 Å². The maximum Gasteiger partial charge on any atom is 0.234 e. The molecule has 1 atom stereocenters. The van der Waals surface area contributed by atoms with E-state index in [1.807, 2.05) is 13.0 Å². The molecule has 0 spiro atoms. The van der Waals surface area contributed by atoms with E-state index >= 15 is 0 Å². The lowest BCUT2D eigenvalue weighted by Crippen LogP contribution is -2.42. The number of hydrogen-bond donors (Lipinski definition) is 1. The second kappa shape index (κ2) is 8.24. The largest absolute Gasteiger partial charge is 0.383 e. The molecule has 0 unspecified atom stereocenters. The molecule has 1 rings (SSSR count). The zero-order valence-corrected chi connectivity index (χ0v) is 12.1. The van der Waals surface area contributed by atoms with Crippen LogP contribution in [0.3, 0.4) is 0 Å². The maximum atomic E-state index is 11.8. The first-order chi connectivity index (χ1) is 8.65. The molecule has 0 saturated carbocycles. The first kappa shape index (κ1) is 15.1. The van der Waals surface area contributed by atoms with Crippen LogP contribution in [0.5, 0.6) is 0 Å². The van der Waals surface area contributed by atoms with Crippen LogP contribution in [0.25, 0.3) is 0 Å². The van der Waals surface area contributed by atoms with Crippen molar-refractivity contribution in [2.24, 2.45) is 0 Å².